The molecule has 4 heteroatoms. The summed E-state index contributed by atoms with van der Waals surface area (Å²) in [4.78, 5) is 0. The van der Waals surface area contributed by atoms with Crippen molar-refractivity contribution in [1.29, 1.82) is 0 Å². The average molecular weight is 242 g/mol. The molecule has 0 heterocycles. The standard InChI is InChI=1S/C12H18O3S/c1-4-5-16-8-9-6-11(14-2)12(15-3)7-10(9)13/h6-7,13H,4-5,8H2,1-3H3. The molecule has 1 rings (SSSR count). The maximum atomic E-state index is 9.79. The molecular formula is C12H18O3S. The highest BCUT2D eigenvalue weighted by Gasteiger charge is 2.10. The van der Waals surface area contributed by atoms with Gasteiger partial charge in [0, 0.05) is 17.4 Å². The van der Waals surface area contributed by atoms with Crippen LogP contribution < -0.4 is 9.47 Å². The first-order chi connectivity index (χ1) is 7.72. The van der Waals surface area contributed by atoms with Crippen LogP contribution in [0.3, 0.4) is 0 Å². The van der Waals surface area contributed by atoms with Crippen molar-refractivity contribution in [3.63, 3.8) is 0 Å². The van der Waals surface area contributed by atoms with Crippen LogP contribution in [0, 0.1) is 0 Å². The Hall–Kier alpha value is -1.03. The monoisotopic (exact) mass is 242 g/mol. The molecule has 0 radical (unpaired) electrons. The minimum atomic E-state index is 0.265. The van der Waals surface area contributed by atoms with Gasteiger partial charge in [0.1, 0.15) is 5.75 Å². The second-order valence-electron chi connectivity index (χ2n) is 3.39. The molecule has 0 unspecified atom stereocenters. The number of benzene rings is 1. The number of phenols is 1. The number of methoxy groups -OCH3 is 2. The van der Waals surface area contributed by atoms with Crippen LogP contribution in [0.25, 0.3) is 0 Å². The summed E-state index contributed by atoms with van der Waals surface area (Å²) in [5.74, 6) is 3.37. The molecular weight excluding hydrogens is 224 g/mol. The van der Waals surface area contributed by atoms with Crippen LogP contribution in [0.1, 0.15) is 18.9 Å². The molecule has 16 heavy (non-hydrogen) atoms. The van der Waals surface area contributed by atoms with Crippen molar-refractivity contribution in [3.05, 3.63) is 17.7 Å². The predicted molar refractivity (Wildman–Crippen MR) is 67.7 cm³/mol. The van der Waals surface area contributed by atoms with E-state index >= 15 is 0 Å². The molecule has 0 spiro atoms. The van der Waals surface area contributed by atoms with Gasteiger partial charge in [-0.15, -0.1) is 0 Å². The summed E-state index contributed by atoms with van der Waals surface area (Å²) in [7, 11) is 3.15. The number of ether oxygens (including phenoxy) is 2. The fourth-order valence-corrected chi connectivity index (χ4v) is 2.24. The van der Waals surface area contributed by atoms with Gasteiger partial charge in [-0.25, -0.2) is 0 Å². The largest absolute Gasteiger partial charge is 0.507 e. The van der Waals surface area contributed by atoms with E-state index in [4.69, 9.17) is 9.47 Å². The van der Waals surface area contributed by atoms with Gasteiger partial charge in [0.25, 0.3) is 0 Å². The summed E-state index contributed by atoms with van der Waals surface area (Å²) in [5.41, 5.74) is 0.885. The van der Waals surface area contributed by atoms with E-state index in [1.807, 2.05) is 6.07 Å². The van der Waals surface area contributed by atoms with E-state index in [0.717, 1.165) is 23.5 Å². The van der Waals surface area contributed by atoms with Crippen molar-refractivity contribution in [3.8, 4) is 17.2 Å². The molecule has 0 atom stereocenters. The lowest BCUT2D eigenvalue weighted by Crippen LogP contribution is -1.93. The molecule has 0 aliphatic rings. The minimum Gasteiger partial charge on any atom is -0.507 e. The number of thioether (sulfide) groups is 1. The van der Waals surface area contributed by atoms with E-state index in [1.165, 1.54) is 0 Å². The molecule has 0 aliphatic carbocycles. The van der Waals surface area contributed by atoms with Crippen LogP contribution in [-0.4, -0.2) is 25.1 Å². The SMILES string of the molecule is CCCSCc1cc(OC)c(OC)cc1O. The molecule has 0 saturated heterocycles. The molecule has 0 amide bonds. The van der Waals surface area contributed by atoms with Gasteiger partial charge in [-0.3, -0.25) is 0 Å². The van der Waals surface area contributed by atoms with Crippen LogP contribution in [0.5, 0.6) is 17.2 Å². The van der Waals surface area contributed by atoms with E-state index in [9.17, 15) is 5.11 Å². The topological polar surface area (TPSA) is 38.7 Å². The molecule has 90 valence electrons. The van der Waals surface area contributed by atoms with Crippen molar-refractivity contribution in [2.45, 2.75) is 19.1 Å². The molecule has 0 saturated carbocycles. The Bertz CT molecular complexity index is 339. The smallest absolute Gasteiger partial charge is 0.164 e. The van der Waals surface area contributed by atoms with E-state index in [2.05, 4.69) is 6.92 Å². The fraction of sp³-hybridized carbons (Fsp3) is 0.500. The second kappa shape index (κ2) is 6.53. The van der Waals surface area contributed by atoms with Crippen molar-refractivity contribution in [2.24, 2.45) is 0 Å². The quantitative estimate of drug-likeness (QED) is 0.778. The number of phenolic OH excluding ortho intramolecular Hbond substituents is 1. The first kappa shape index (κ1) is 13.0. The van der Waals surface area contributed by atoms with Crippen molar-refractivity contribution >= 4 is 11.8 Å². The highest BCUT2D eigenvalue weighted by atomic mass is 32.2. The van der Waals surface area contributed by atoms with E-state index in [1.54, 1.807) is 32.0 Å². The normalized spacial score (nSPS) is 10.2. The summed E-state index contributed by atoms with van der Waals surface area (Å²) in [6.07, 6.45) is 1.14. The summed E-state index contributed by atoms with van der Waals surface area (Å²) in [6.45, 7) is 2.14. The molecule has 1 N–H and O–H groups in total. The Kier molecular flexibility index (Phi) is 5.32. The Morgan fingerprint density at radius 2 is 1.81 bits per heavy atom. The van der Waals surface area contributed by atoms with Gasteiger partial charge in [0.2, 0.25) is 0 Å². The molecule has 0 aliphatic heterocycles. The molecule has 0 fully saturated rings. The van der Waals surface area contributed by atoms with Crippen LogP contribution in [0.2, 0.25) is 0 Å². The lowest BCUT2D eigenvalue weighted by atomic mass is 10.2. The lowest BCUT2D eigenvalue weighted by Gasteiger charge is -2.11. The van der Waals surface area contributed by atoms with Crippen LogP contribution in [0.15, 0.2) is 12.1 Å². The van der Waals surface area contributed by atoms with Gasteiger partial charge in [0.15, 0.2) is 11.5 Å². The van der Waals surface area contributed by atoms with Crippen LogP contribution in [-0.2, 0) is 5.75 Å². The van der Waals surface area contributed by atoms with Gasteiger partial charge in [-0.05, 0) is 18.2 Å². The van der Waals surface area contributed by atoms with Crippen LogP contribution >= 0.6 is 11.8 Å². The molecule has 0 aromatic heterocycles. The summed E-state index contributed by atoms with van der Waals surface area (Å²) in [6, 6.07) is 3.43. The zero-order chi connectivity index (χ0) is 12.0. The third kappa shape index (κ3) is 3.23. The zero-order valence-electron chi connectivity index (χ0n) is 9.95. The summed E-state index contributed by atoms with van der Waals surface area (Å²) < 4.78 is 10.3. The van der Waals surface area contributed by atoms with Gasteiger partial charge in [0.05, 0.1) is 14.2 Å². The molecule has 1 aromatic carbocycles. The number of hydrogen-bond donors (Lipinski definition) is 1. The van der Waals surface area contributed by atoms with E-state index < -0.39 is 0 Å². The van der Waals surface area contributed by atoms with Gasteiger partial charge in [-0.1, -0.05) is 6.92 Å². The highest BCUT2D eigenvalue weighted by molar-refractivity contribution is 7.98. The average Bonchev–Trinajstić information content (AvgIpc) is 2.31. The Balaban J connectivity index is 2.84. The predicted octanol–water partition coefficient (Wildman–Crippen LogP) is 3.05. The van der Waals surface area contributed by atoms with Crippen molar-refractivity contribution in [1.82, 2.24) is 0 Å². The van der Waals surface area contributed by atoms with Crippen LogP contribution in [0.4, 0.5) is 0 Å². The maximum Gasteiger partial charge on any atom is 0.164 e. The number of rotatable bonds is 6. The lowest BCUT2D eigenvalue weighted by molar-refractivity contribution is 0.350. The Labute approximate surface area is 101 Å². The van der Waals surface area contributed by atoms with Crippen molar-refractivity contribution < 1.29 is 14.6 Å². The Morgan fingerprint density at radius 1 is 1.19 bits per heavy atom. The first-order valence-corrected chi connectivity index (χ1v) is 6.40. The third-order valence-electron chi connectivity index (χ3n) is 2.19. The minimum absolute atomic E-state index is 0.265. The number of hydrogen-bond acceptors (Lipinski definition) is 4. The van der Waals surface area contributed by atoms with E-state index in [0.29, 0.717) is 11.5 Å². The second-order valence-corrected chi connectivity index (χ2v) is 4.49. The maximum absolute atomic E-state index is 9.79. The third-order valence-corrected chi connectivity index (χ3v) is 3.40. The van der Waals surface area contributed by atoms with Crippen molar-refractivity contribution in [2.75, 3.05) is 20.0 Å². The molecule has 0 bridgehead atoms. The first-order valence-electron chi connectivity index (χ1n) is 5.24. The number of aromatic hydroxyl groups is 1. The van der Waals surface area contributed by atoms with Gasteiger partial charge < -0.3 is 14.6 Å². The van der Waals surface area contributed by atoms with E-state index in [-0.39, 0.29) is 5.75 Å². The summed E-state index contributed by atoms with van der Waals surface area (Å²) in [5, 5.41) is 9.79. The molecule has 3 nitrogen and oxygen atoms in total. The fourth-order valence-electron chi connectivity index (χ4n) is 1.35. The zero-order valence-corrected chi connectivity index (χ0v) is 10.8. The summed E-state index contributed by atoms with van der Waals surface area (Å²) >= 11 is 1.80. The van der Waals surface area contributed by atoms with Gasteiger partial charge in [-0.2, -0.15) is 11.8 Å². The highest BCUT2D eigenvalue weighted by Crippen LogP contribution is 2.35. The molecule has 1 aromatic rings. The Morgan fingerprint density at radius 3 is 2.38 bits per heavy atom. The van der Waals surface area contributed by atoms with Gasteiger partial charge >= 0.3 is 0 Å².